The Labute approximate surface area is 163 Å². The zero-order chi connectivity index (χ0) is 20.3. The summed E-state index contributed by atoms with van der Waals surface area (Å²) in [5, 5.41) is 2.71. The molecule has 3 rings (SSSR count). The van der Waals surface area contributed by atoms with Crippen molar-refractivity contribution in [3.63, 3.8) is 0 Å². The number of para-hydroxylation sites is 3. The molecule has 0 saturated carbocycles. The first-order valence-electron chi connectivity index (χ1n) is 8.88. The molecular formula is C21H23N3O4. The van der Waals surface area contributed by atoms with E-state index in [9.17, 15) is 9.59 Å². The minimum Gasteiger partial charge on any atom is -0.493 e. The van der Waals surface area contributed by atoms with Gasteiger partial charge in [0.1, 0.15) is 5.69 Å². The number of carbonyl (C=O) groups is 1. The molecule has 28 heavy (non-hydrogen) atoms. The van der Waals surface area contributed by atoms with Crippen LogP contribution < -0.4 is 20.3 Å². The molecule has 7 heteroatoms. The van der Waals surface area contributed by atoms with Gasteiger partial charge in [-0.1, -0.05) is 30.3 Å². The van der Waals surface area contributed by atoms with Gasteiger partial charge < -0.3 is 14.8 Å². The largest absolute Gasteiger partial charge is 0.493 e. The first-order chi connectivity index (χ1) is 13.4. The number of hydrogen-bond acceptors (Lipinski definition) is 4. The Morgan fingerprint density at radius 3 is 2.29 bits per heavy atom. The first-order valence-corrected chi connectivity index (χ1v) is 8.88. The predicted molar refractivity (Wildman–Crippen MR) is 107 cm³/mol. The van der Waals surface area contributed by atoms with Gasteiger partial charge in [-0.15, -0.1) is 0 Å². The summed E-state index contributed by atoms with van der Waals surface area (Å²) < 4.78 is 14.2. The summed E-state index contributed by atoms with van der Waals surface area (Å²) >= 11 is 0. The lowest BCUT2D eigenvalue weighted by molar-refractivity contribution is -0.122. The predicted octanol–water partition coefficient (Wildman–Crippen LogP) is 2.90. The third-order valence-electron chi connectivity index (χ3n) is 4.54. The first kappa shape index (κ1) is 19.3. The van der Waals surface area contributed by atoms with Crippen LogP contribution in [0.2, 0.25) is 0 Å². The molecule has 0 radical (unpaired) electrons. The van der Waals surface area contributed by atoms with Crippen molar-refractivity contribution in [2.45, 2.75) is 20.0 Å². The van der Waals surface area contributed by atoms with E-state index in [0.29, 0.717) is 17.2 Å². The molecule has 1 atom stereocenters. The summed E-state index contributed by atoms with van der Waals surface area (Å²) in [7, 11) is 3.31. The summed E-state index contributed by atoms with van der Waals surface area (Å²) in [5.74, 6) is 0.570. The van der Waals surface area contributed by atoms with Gasteiger partial charge in [-0.3, -0.25) is 14.3 Å². The highest BCUT2D eigenvalue weighted by Gasteiger charge is 2.22. The maximum atomic E-state index is 12.9. The highest BCUT2D eigenvalue weighted by Crippen LogP contribution is 2.27. The summed E-state index contributed by atoms with van der Waals surface area (Å²) in [5.41, 5.74) is 1.29. The van der Waals surface area contributed by atoms with Crippen LogP contribution in [-0.4, -0.2) is 28.5 Å². The van der Waals surface area contributed by atoms with Crippen LogP contribution in [0.15, 0.2) is 59.4 Å². The van der Waals surface area contributed by atoms with Gasteiger partial charge in [-0.05, 0) is 38.1 Å². The van der Waals surface area contributed by atoms with Gasteiger partial charge in [0.15, 0.2) is 17.6 Å². The van der Waals surface area contributed by atoms with E-state index in [2.05, 4.69) is 5.32 Å². The summed E-state index contributed by atoms with van der Waals surface area (Å²) in [4.78, 5) is 25.5. The number of anilines is 1. The summed E-state index contributed by atoms with van der Waals surface area (Å²) in [6.45, 7) is 3.40. The second kappa shape index (κ2) is 8.04. The highest BCUT2D eigenvalue weighted by molar-refractivity contribution is 5.94. The Kier molecular flexibility index (Phi) is 5.54. The molecule has 0 spiro atoms. The monoisotopic (exact) mass is 381 g/mol. The fourth-order valence-electron chi connectivity index (χ4n) is 2.90. The standard InChI is InChI=1S/C21H23N3O4/c1-14-19(21(26)24(23(14)3)16-10-6-5-7-11-16)22-20(25)15(2)28-18-13-9-8-12-17(18)27-4/h5-13,15H,1-4H3,(H,22,25)/t15-/m0/s1. The number of carbonyl (C=O) groups excluding carboxylic acids is 1. The summed E-state index contributed by atoms with van der Waals surface area (Å²) in [6, 6.07) is 16.3. The fraction of sp³-hybridized carbons (Fsp3) is 0.238. The topological polar surface area (TPSA) is 74.5 Å². The maximum Gasteiger partial charge on any atom is 0.295 e. The zero-order valence-electron chi connectivity index (χ0n) is 16.3. The molecule has 3 aromatic rings. The number of benzene rings is 2. The van der Waals surface area contributed by atoms with Gasteiger partial charge in [-0.2, -0.15) is 0 Å². The molecule has 1 aromatic heterocycles. The van der Waals surface area contributed by atoms with Gasteiger partial charge in [0.2, 0.25) is 0 Å². The van der Waals surface area contributed by atoms with Gasteiger partial charge in [0.25, 0.3) is 11.5 Å². The van der Waals surface area contributed by atoms with E-state index in [4.69, 9.17) is 9.47 Å². The van der Waals surface area contributed by atoms with Crippen LogP contribution in [0.25, 0.3) is 5.69 Å². The van der Waals surface area contributed by atoms with Crippen molar-refractivity contribution in [2.75, 3.05) is 12.4 Å². The molecule has 146 valence electrons. The minimum atomic E-state index is -0.819. The highest BCUT2D eigenvalue weighted by atomic mass is 16.5. The van der Waals surface area contributed by atoms with Crippen molar-refractivity contribution in [1.29, 1.82) is 0 Å². The molecule has 0 bridgehead atoms. The average molecular weight is 381 g/mol. The smallest absolute Gasteiger partial charge is 0.295 e. The fourth-order valence-corrected chi connectivity index (χ4v) is 2.90. The SMILES string of the molecule is COc1ccccc1O[C@@H](C)C(=O)Nc1c(C)n(C)n(-c2ccccc2)c1=O. The minimum absolute atomic E-state index is 0.229. The van der Waals surface area contributed by atoms with Crippen molar-refractivity contribution in [3.8, 4) is 17.2 Å². The number of hydrogen-bond donors (Lipinski definition) is 1. The third kappa shape index (κ3) is 3.64. The molecule has 0 aliphatic carbocycles. The van der Waals surface area contributed by atoms with Crippen LogP contribution in [-0.2, 0) is 11.8 Å². The van der Waals surface area contributed by atoms with Crippen molar-refractivity contribution in [3.05, 3.63) is 70.6 Å². The number of aromatic nitrogens is 2. The van der Waals surface area contributed by atoms with Crippen LogP contribution in [0.5, 0.6) is 11.5 Å². The van der Waals surface area contributed by atoms with Crippen molar-refractivity contribution in [2.24, 2.45) is 7.05 Å². The lowest BCUT2D eigenvalue weighted by atomic mass is 10.3. The molecule has 0 fully saturated rings. The molecule has 0 aliphatic heterocycles. The quantitative estimate of drug-likeness (QED) is 0.712. The Morgan fingerprint density at radius 1 is 1.04 bits per heavy atom. The van der Waals surface area contributed by atoms with E-state index in [1.54, 1.807) is 43.8 Å². The van der Waals surface area contributed by atoms with Gasteiger partial charge >= 0.3 is 0 Å². The molecule has 0 unspecified atom stereocenters. The van der Waals surface area contributed by atoms with Gasteiger partial charge in [0, 0.05) is 7.05 Å². The van der Waals surface area contributed by atoms with E-state index in [1.165, 1.54) is 11.8 Å². The normalized spacial score (nSPS) is 11.7. The lowest BCUT2D eigenvalue weighted by Crippen LogP contribution is -2.32. The Morgan fingerprint density at radius 2 is 1.64 bits per heavy atom. The molecule has 0 aliphatic rings. The Hall–Kier alpha value is -3.48. The maximum absolute atomic E-state index is 12.9. The summed E-state index contributed by atoms with van der Waals surface area (Å²) in [6.07, 6.45) is -0.819. The molecule has 2 aromatic carbocycles. The van der Waals surface area contributed by atoms with Crippen molar-refractivity contribution >= 4 is 11.6 Å². The van der Waals surface area contributed by atoms with Crippen LogP contribution in [0, 0.1) is 6.92 Å². The van der Waals surface area contributed by atoms with Crippen LogP contribution in [0.3, 0.4) is 0 Å². The molecule has 7 nitrogen and oxygen atoms in total. The average Bonchev–Trinajstić information content (AvgIpc) is 2.92. The second-order valence-corrected chi connectivity index (χ2v) is 6.34. The lowest BCUT2D eigenvalue weighted by Gasteiger charge is -2.16. The third-order valence-corrected chi connectivity index (χ3v) is 4.54. The van der Waals surface area contributed by atoms with Crippen molar-refractivity contribution < 1.29 is 14.3 Å². The van der Waals surface area contributed by atoms with Crippen LogP contribution in [0.4, 0.5) is 5.69 Å². The van der Waals surface area contributed by atoms with E-state index in [1.807, 2.05) is 36.4 Å². The van der Waals surface area contributed by atoms with E-state index < -0.39 is 12.0 Å². The van der Waals surface area contributed by atoms with E-state index >= 15 is 0 Å². The van der Waals surface area contributed by atoms with Crippen molar-refractivity contribution in [1.82, 2.24) is 9.36 Å². The number of amides is 1. The Bertz CT molecular complexity index is 1040. The number of rotatable bonds is 6. The van der Waals surface area contributed by atoms with Gasteiger partial charge in [-0.25, -0.2) is 4.68 Å². The molecular weight excluding hydrogens is 358 g/mol. The molecule has 1 amide bonds. The number of methoxy groups -OCH3 is 1. The van der Waals surface area contributed by atoms with Crippen LogP contribution >= 0.6 is 0 Å². The molecule has 1 N–H and O–H groups in total. The van der Waals surface area contributed by atoms with Gasteiger partial charge in [0.05, 0.1) is 18.5 Å². The zero-order valence-corrected chi connectivity index (χ0v) is 16.3. The Balaban J connectivity index is 1.84. The molecule has 1 heterocycles. The number of ether oxygens (including phenoxy) is 2. The number of nitrogens with zero attached hydrogens (tertiary/aromatic N) is 2. The van der Waals surface area contributed by atoms with E-state index in [0.717, 1.165) is 5.69 Å². The molecule has 0 saturated heterocycles. The van der Waals surface area contributed by atoms with E-state index in [-0.39, 0.29) is 11.2 Å². The van der Waals surface area contributed by atoms with Crippen LogP contribution in [0.1, 0.15) is 12.6 Å². The second-order valence-electron chi connectivity index (χ2n) is 6.34. The number of nitrogens with one attached hydrogen (secondary N) is 1.